The van der Waals surface area contributed by atoms with Crippen LogP contribution in [0.2, 0.25) is 5.02 Å². The Morgan fingerprint density at radius 3 is 2.76 bits per heavy atom. The molecule has 0 radical (unpaired) electrons. The van der Waals surface area contributed by atoms with E-state index in [2.05, 4.69) is 32.9 Å². The molecule has 0 saturated carbocycles. The lowest BCUT2D eigenvalue weighted by molar-refractivity contribution is 1.21. The van der Waals surface area contributed by atoms with Crippen LogP contribution < -0.4 is 5.32 Å². The summed E-state index contributed by atoms with van der Waals surface area (Å²) in [7, 11) is 0. The van der Waals surface area contributed by atoms with Crippen LogP contribution in [0.25, 0.3) is 27.5 Å². The van der Waals surface area contributed by atoms with Gasteiger partial charge in [0, 0.05) is 27.7 Å². The van der Waals surface area contributed by atoms with Crippen LogP contribution in [0.3, 0.4) is 0 Å². The minimum Gasteiger partial charge on any atom is -0.340 e. The summed E-state index contributed by atoms with van der Waals surface area (Å²) in [6.45, 7) is 0. The van der Waals surface area contributed by atoms with Crippen LogP contribution in [0.4, 0.5) is 11.5 Å². The van der Waals surface area contributed by atoms with Crippen LogP contribution in [0.15, 0.2) is 73.1 Å². The number of nitrogens with zero attached hydrogens (tertiary/aromatic N) is 3. The van der Waals surface area contributed by atoms with Gasteiger partial charge < -0.3 is 5.32 Å². The zero-order valence-corrected chi connectivity index (χ0v) is 13.9. The van der Waals surface area contributed by atoms with Gasteiger partial charge >= 0.3 is 0 Å². The van der Waals surface area contributed by atoms with Crippen molar-refractivity contribution in [3.8, 4) is 0 Å². The second kappa shape index (κ2) is 5.46. The van der Waals surface area contributed by atoms with Gasteiger partial charge in [0.05, 0.1) is 17.2 Å². The topological polar surface area (TPSA) is 42.2 Å². The molecule has 0 aliphatic carbocycles. The van der Waals surface area contributed by atoms with E-state index in [-0.39, 0.29) is 0 Å². The van der Waals surface area contributed by atoms with Crippen LogP contribution in [0.5, 0.6) is 0 Å². The van der Waals surface area contributed by atoms with Crippen LogP contribution >= 0.6 is 11.6 Å². The molecular weight excluding hydrogens is 332 g/mol. The normalized spacial score (nSPS) is 11.4. The number of hydrogen-bond donors (Lipinski definition) is 1. The molecule has 3 aromatic heterocycles. The fourth-order valence-electron chi connectivity index (χ4n) is 3.21. The summed E-state index contributed by atoms with van der Waals surface area (Å²) in [5, 5.41) is 6.23. The van der Waals surface area contributed by atoms with Crippen LogP contribution in [0, 0.1) is 0 Å². The molecule has 5 heteroatoms. The zero-order chi connectivity index (χ0) is 16.8. The van der Waals surface area contributed by atoms with Gasteiger partial charge in [-0.2, -0.15) is 0 Å². The van der Waals surface area contributed by atoms with Crippen molar-refractivity contribution in [3.05, 3.63) is 78.1 Å². The van der Waals surface area contributed by atoms with Crippen molar-refractivity contribution in [2.45, 2.75) is 0 Å². The molecule has 3 heterocycles. The average Bonchev–Trinajstić information content (AvgIpc) is 3.00. The molecule has 0 spiro atoms. The standard InChI is InChI=1S/C20H13ClN4/c21-14-5-3-6-15(11-14)23-20-16-8-9-22-12-18(16)25-17-7-2-1-4-13(17)10-19(25)24-20/h1-12H,(H,23,24). The molecule has 0 aliphatic rings. The van der Waals surface area contributed by atoms with Crippen LogP contribution in [-0.2, 0) is 0 Å². The van der Waals surface area contributed by atoms with E-state index in [4.69, 9.17) is 16.6 Å². The molecule has 0 bridgehead atoms. The monoisotopic (exact) mass is 344 g/mol. The Hall–Kier alpha value is -3.11. The minimum absolute atomic E-state index is 0.686. The number of halogens is 1. The Morgan fingerprint density at radius 1 is 0.920 bits per heavy atom. The highest BCUT2D eigenvalue weighted by atomic mass is 35.5. The molecule has 0 atom stereocenters. The molecule has 4 nitrogen and oxygen atoms in total. The van der Waals surface area contributed by atoms with E-state index in [0.717, 1.165) is 39.0 Å². The summed E-state index contributed by atoms with van der Waals surface area (Å²) >= 11 is 6.10. The van der Waals surface area contributed by atoms with Crippen molar-refractivity contribution in [1.29, 1.82) is 0 Å². The number of fused-ring (bicyclic) bond motifs is 5. The largest absolute Gasteiger partial charge is 0.340 e. The average molecular weight is 345 g/mol. The number of para-hydroxylation sites is 1. The first-order chi connectivity index (χ1) is 12.3. The van der Waals surface area contributed by atoms with Crippen molar-refractivity contribution < 1.29 is 0 Å². The molecular formula is C20H13ClN4. The van der Waals surface area contributed by atoms with E-state index >= 15 is 0 Å². The third kappa shape index (κ3) is 2.30. The van der Waals surface area contributed by atoms with Crippen molar-refractivity contribution in [2.24, 2.45) is 0 Å². The minimum atomic E-state index is 0.686. The van der Waals surface area contributed by atoms with Gasteiger partial charge in [-0.3, -0.25) is 9.38 Å². The predicted octanol–water partition coefficient (Wildman–Crippen LogP) is 5.43. The number of aromatic nitrogens is 3. The summed E-state index contributed by atoms with van der Waals surface area (Å²) in [5.74, 6) is 0.787. The molecule has 0 unspecified atom stereocenters. The second-order valence-corrected chi connectivity index (χ2v) is 6.32. The van der Waals surface area contributed by atoms with E-state index in [9.17, 15) is 0 Å². The molecule has 0 saturated heterocycles. The maximum atomic E-state index is 6.10. The Bertz CT molecular complexity index is 1240. The number of benzene rings is 2. The van der Waals surface area contributed by atoms with Crippen LogP contribution in [-0.4, -0.2) is 14.4 Å². The summed E-state index contributed by atoms with van der Waals surface area (Å²) in [6.07, 6.45) is 3.66. The summed E-state index contributed by atoms with van der Waals surface area (Å²) in [6, 6.07) is 20.0. The maximum Gasteiger partial charge on any atom is 0.142 e. The first kappa shape index (κ1) is 14.3. The quantitative estimate of drug-likeness (QED) is 0.464. The third-order valence-corrected chi connectivity index (χ3v) is 4.54. The van der Waals surface area contributed by atoms with E-state index in [1.807, 2.05) is 48.7 Å². The Morgan fingerprint density at radius 2 is 1.84 bits per heavy atom. The van der Waals surface area contributed by atoms with Gasteiger partial charge in [-0.15, -0.1) is 0 Å². The van der Waals surface area contributed by atoms with Crippen molar-refractivity contribution in [3.63, 3.8) is 0 Å². The number of rotatable bonds is 2. The lowest BCUT2D eigenvalue weighted by Gasteiger charge is -2.11. The number of pyridine rings is 1. The molecule has 5 aromatic rings. The highest BCUT2D eigenvalue weighted by Gasteiger charge is 2.12. The first-order valence-corrected chi connectivity index (χ1v) is 8.34. The fourth-order valence-corrected chi connectivity index (χ4v) is 3.40. The summed E-state index contributed by atoms with van der Waals surface area (Å²) in [4.78, 5) is 9.16. The summed E-state index contributed by atoms with van der Waals surface area (Å²) < 4.78 is 2.14. The van der Waals surface area contributed by atoms with Crippen LogP contribution in [0.1, 0.15) is 0 Å². The molecule has 0 amide bonds. The Balaban J connectivity index is 1.82. The highest BCUT2D eigenvalue weighted by Crippen LogP contribution is 2.30. The third-order valence-electron chi connectivity index (χ3n) is 4.30. The van der Waals surface area contributed by atoms with E-state index in [0.29, 0.717) is 5.02 Å². The number of hydrogen-bond acceptors (Lipinski definition) is 3. The molecule has 2 aromatic carbocycles. The molecule has 5 rings (SSSR count). The molecule has 0 fully saturated rings. The lowest BCUT2D eigenvalue weighted by Crippen LogP contribution is -1.99. The van der Waals surface area contributed by atoms with Gasteiger partial charge in [-0.1, -0.05) is 35.9 Å². The second-order valence-electron chi connectivity index (χ2n) is 5.89. The molecule has 0 aliphatic heterocycles. The van der Waals surface area contributed by atoms with E-state index < -0.39 is 0 Å². The van der Waals surface area contributed by atoms with Crippen molar-refractivity contribution in [2.75, 3.05) is 5.32 Å². The maximum absolute atomic E-state index is 6.10. The van der Waals surface area contributed by atoms with Gasteiger partial charge in [0.25, 0.3) is 0 Å². The fraction of sp³-hybridized carbons (Fsp3) is 0. The van der Waals surface area contributed by atoms with Crippen molar-refractivity contribution in [1.82, 2.24) is 14.4 Å². The highest BCUT2D eigenvalue weighted by molar-refractivity contribution is 6.30. The number of nitrogens with one attached hydrogen (secondary N) is 1. The van der Waals surface area contributed by atoms with Gasteiger partial charge in [-0.05, 0) is 36.4 Å². The predicted molar refractivity (Wildman–Crippen MR) is 103 cm³/mol. The number of anilines is 2. The van der Waals surface area contributed by atoms with E-state index in [1.165, 1.54) is 0 Å². The van der Waals surface area contributed by atoms with Crippen molar-refractivity contribution >= 4 is 50.6 Å². The molecule has 120 valence electrons. The Labute approximate surface area is 148 Å². The summed E-state index contributed by atoms with van der Waals surface area (Å²) in [5.41, 5.74) is 3.92. The van der Waals surface area contributed by atoms with Gasteiger partial charge in [0.1, 0.15) is 11.5 Å². The SMILES string of the molecule is Clc1cccc(Nc2nc3cc4ccccc4n3c3cnccc23)c1. The Kier molecular flexibility index (Phi) is 3.11. The van der Waals surface area contributed by atoms with Gasteiger partial charge in [0.2, 0.25) is 0 Å². The lowest BCUT2D eigenvalue weighted by atomic mass is 10.2. The zero-order valence-electron chi connectivity index (χ0n) is 13.1. The molecule has 1 N–H and O–H groups in total. The first-order valence-electron chi connectivity index (χ1n) is 7.96. The molecule has 25 heavy (non-hydrogen) atoms. The van der Waals surface area contributed by atoms with E-state index in [1.54, 1.807) is 6.20 Å². The smallest absolute Gasteiger partial charge is 0.142 e. The van der Waals surface area contributed by atoms with Gasteiger partial charge in [-0.25, -0.2) is 4.98 Å². The van der Waals surface area contributed by atoms with Gasteiger partial charge in [0.15, 0.2) is 0 Å².